The molecule has 0 radical (unpaired) electrons. The number of methoxy groups -OCH3 is 1. The van der Waals surface area contributed by atoms with Crippen molar-refractivity contribution in [3.8, 4) is 5.75 Å². The van der Waals surface area contributed by atoms with E-state index in [9.17, 15) is 14.4 Å². The van der Waals surface area contributed by atoms with Gasteiger partial charge in [0, 0.05) is 6.54 Å². The van der Waals surface area contributed by atoms with Gasteiger partial charge in [0.05, 0.1) is 26.2 Å². The lowest BCUT2D eigenvalue weighted by molar-refractivity contribution is -0.145. The summed E-state index contributed by atoms with van der Waals surface area (Å²) in [7, 11) is 1.57. The van der Waals surface area contributed by atoms with Crippen LogP contribution in [0.2, 0.25) is 0 Å². The Balaban J connectivity index is 2.16. The van der Waals surface area contributed by atoms with E-state index in [1.165, 1.54) is 0 Å². The number of amides is 2. The van der Waals surface area contributed by atoms with E-state index < -0.39 is 23.8 Å². The van der Waals surface area contributed by atoms with Crippen LogP contribution in [0, 0.1) is 0 Å². The van der Waals surface area contributed by atoms with Gasteiger partial charge in [0.2, 0.25) is 5.91 Å². The molecule has 29 heavy (non-hydrogen) atoms. The van der Waals surface area contributed by atoms with Gasteiger partial charge < -0.3 is 24.4 Å². The van der Waals surface area contributed by atoms with Crippen molar-refractivity contribution in [2.45, 2.75) is 58.2 Å². The highest BCUT2D eigenvalue weighted by Gasteiger charge is 2.39. The second-order valence-corrected chi connectivity index (χ2v) is 7.82. The molecule has 160 valence electrons. The fourth-order valence-corrected chi connectivity index (χ4v) is 3.21. The molecule has 2 atom stereocenters. The van der Waals surface area contributed by atoms with Crippen molar-refractivity contribution in [2.75, 3.05) is 20.3 Å². The van der Waals surface area contributed by atoms with Gasteiger partial charge >= 0.3 is 12.1 Å². The maximum Gasteiger partial charge on any atom is 0.408 e. The second-order valence-electron chi connectivity index (χ2n) is 7.82. The number of carbonyl (C=O) groups is 3. The molecule has 8 heteroatoms. The van der Waals surface area contributed by atoms with Crippen molar-refractivity contribution >= 4 is 18.0 Å². The van der Waals surface area contributed by atoms with Crippen LogP contribution in [0.4, 0.5) is 4.79 Å². The molecule has 0 aromatic heterocycles. The highest BCUT2D eigenvalue weighted by molar-refractivity contribution is 5.88. The minimum atomic E-state index is -0.687. The number of esters is 1. The number of likely N-dealkylation sites (tertiary alicyclic amines) is 1. The number of nitrogens with one attached hydrogen (secondary N) is 1. The first kappa shape index (κ1) is 22.5. The maximum absolute atomic E-state index is 13.0. The quantitative estimate of drug-likeness (QED) is 0.700. The van der Waals surface area contributed by atoms with Gasteiger partial charge in [-0.3, -0.25) is 9.59 Å². The van der Waals surface area contributed by atoms with Crippen molar-refractivity contribution in [1.82, 2.24) is 10.2 Å². The zero-order chi connectivity index (χ0) is 21.6. The minimum Gasteiger partial charge on any atom is -0.497 e. The van der Waals surface area contributed by atoms with Gasteiger partial charge in [-0.2, -0.15) is 0 Å². The lowest BCUT2D eigenvalue weighted by atomic mass is 10.0. The summed E-state index contributed by atoms with van der Waals surface area (Å²) in [5.41, 5.74) is 0.145. The molecule has 1 heterocycles. The molecule has 1 N–H and O–H groups in total. The van der Waals surface area contributed by atoms with E-state index in [0.717, 1.165) is 5.56 Å². The first-order chi connectivity index (χ1) is 13.6. The molecule has 0 bridgehead atoms. The smallest absolute Gasteiger partial charge is 0.408 e. The number of alkyl carbamates (subject to hydrolysis) is 1. The molecule has 1 fully saturated rings. The van der Waals surface area contributed by atoms with Crippen LogP contribution in [0.1, 0.15) is 52.1 Å². The fourth-order valence-electron chi connectivity index (χ4n) is 3.21. The third-order valence-corrected chi connectivity index (χ3v) is 4.47. The van der Waals surface area contributed by atoms with Crippen LogP contribution in [-0.4, -0.2) is 54.8 Å². The number of ether oxygens (including phenoxy) is 3. The normalized spacial score (nSPS) is 17.6. The number of carbonyl (C=O) groups excluding carboxylic acids is 3. The Hall–Kier alpha value is -2.77. The average Bonchev–Trinajstić information content (AvgIpc) is 2.99. The average molecular weight is 406 g/mol. The van der Waals surface area contributed by atoms with Crippen molar-refractivity contribution in [2.24, 2.45) is 0 Å². The Morgan fingerprint density at radius 1 is 1.24 bits per heavy atom. The molecule has 0 saturated carbocycles. The molecule has 8 nitrogen and oxygen atoms in total. The first-order valence-corrected chi connectivity index (χ1v) is 9.74. The van der Waals surface area contributed by atoms with Gasteiger partial charge in [0.25, 0.3) is 0 Å². The largest absolute Gasteiger partial charge is 0.497 e. The number of hydrogen-bond donors (Lipinski definition) is 1. The summed E-state index contributed by atoms with van der Waals surface area (Å²) in [5, 5.41) is 2.63. The Labute approximate surface area is 171 Å². The molecule has 1 aromatic carbocycles. The van der Waals surface area contributed by atoms with E-state index in [1.54, 1.807) is 51.8 Å². The summed E-state index contributed by atoms with van der Waals surface area (Å²) in [5.74, 6) is 0.0477. The predicted octanol–water partition coefficient (Wildman–Crippen LogP) is 2.82. The van der Waals surface area contributed by atoms with E-state index in [-0.39, 0.29) is 24.9 Å². The van der Waals surface area contributed by atoms with Crippen molar-refractivity contribution < 1.29 is 28.6 Å². The summed E-state index contributed by atoms with van der Waals surface area (Å²) < 4.78 is 15.5. The van der Waals surface area contributed by atoms with Crippen molar-refractivity contribution in [3.05, 3.63) is 29.8 Å². The van der Waals surface area contributed by atoms with Crippen molar-refractivity contribution in [1.29, 1.82) is 0 Å². The van der Waals surface area contributed by atoms with Gasteiger partial charge in [-0.15, -0.1) is 0 Å². The predicted molar refractivity (Wildman–Crippen MR) is 106 cm³/mol. The van der Waals surface area contributed by atoms with Gasteiger partial charge in [-0.05, 0) is 51.8 Å². The number of nitrogens with zero attached hydrogens (tertiary/aromatic N) is 1. The molecule has 1 aliphatic rings. The third-order valence-electron chi connectivity index (χ3n) is 4.47. The van der Waals surface area contributed by atoms with Crippen LogP contribution in [0.15, 0.2) is 24.3 Å². The molecule has 1 aliphatic heterocycles. The number of hydrogen-bond acceptors (Lipinski definition) is 6. The first-order valence-electron chi connectivity index (χ1n) is 9.74. The molecule has 0 spiro atoms. The summed E-state index contributed by atoms with van der Waals surface area (Å²) in [4.78, 5) is 38.8. The Bertz CT molecular complexity index is 726. The highest BCUT2D eigenvalue weighted by Crippen LogP contribution is 2.30. The molecule has 0 aliphatic carbocycles. The SMILES string of the molecule is CCOC(=O)CC(c1ccc(OC)cc1)N1CCC(NC(=O)OC(C)(C)C)C1=O. The van der Waals surface area contributed by atoms with E-state index in [4.69, 9.17) is 14.2 Å². The summed E-state index contributed by atoms with van der Waals surface area (Å²) in [6.45, 7) is 7.69. The number of rotatable bonds is 7. The molecular weight excluding hydrogens is 376 g/mol. The zero-order valence-electron chi connectivity index (χ0n) is 17.7. The Morgan fingerprint density at radius 3 is 2.45 bits per heavy atom. The molecule has 2 amide bonds. The van der Waals surface area contributed by atoms with Crippen LogP contribution >= 0.6 is 0 Å². The van der Waals surface area contributed by atoms with E-state index >= 15 is 0 Å². The number of benzene rings is 1. The fraction of sp³-hybridized carbons (Fsp3) is 0.571. The van der Waals surface area contributed by atoms with E-state index in [0.29, 0.717) is 18.7 Å². The topological polar surface area (TPSA) is 94.2 Å². The van der Waals surface area contributed by atoms with E-state index in [1.807, 2.05) is 12.1 Å². The van der Waals surface area contributed by atoms with Gasteiger partial charge in [-0.25, -0.2) is 4.79 Å². The van der Waals surface area contributed by atoms with Crippen LogP contribution in [0.25, 0.3) is 0 Å². The van der Waals surface area contributed by atoms with Gasteiger partial charge in [0.1, 0.15) is 17.4 Å². The third kappa shape index (κ3) is 6.37. The molecular formula is C21H30N2O6. The Kier molecular flexibility index (Phi) is 7.47. The van der Waals surface area contributed by atoms with Crippen LogP contribution in [0.3, 0.4) is 0 Å². The molecule has 1 aromatic rings. The lowest BCUT2D eigenvalue weighted by Gasteiger charge is -2.28. The molecule has 1 saturated heterocycles. The molecule has 2 unspecified atom stereocenters. The van der Waals surface area contributed by atoms with E-state index in [2.05, 4.69) is 5.32 Å². The lowest BCUT2D eigenvalue weighted by Crippen LogP contribution is -2.44. The standard InChI is InChI=1S/C21H30N2O6/c1-6-28-18(24)13-17(14-7-9-15(27-5)10-8-14)23-12-11-16(19(23)25)22-20(26)29-21(2,3)4/h7-10,16-17H,6,11-13H2,1-5H3,(H,22,26). The van der Waals surface area contributed by atoms with Gasteiger partial charge in [-0.1, -0.05) is 12.1 Å². The zero-order valence-corrected chi connectivity index (χ0v) is 17.7. The molecule has 2 rings (SSSR count). The monoisotopic (exact) mass is 406 g/mol. The maximum atomic E-state index is 13.0. The Morgan fingerprint density at radius 2 is 1.90 bits per heavy atom. The minimum absolute atomic E-state index is 0.0328. The van der Waals surface area contributed by atoms with Crippen molar-refractivity contribution in [3.63, 3.8) is 0 Å². The second kappa shape index (κ2) is 9.62. The van der Waals surface area contributed by atoms with Crippen LogP contribution in [-0.2, 0) is 19.1 Å². The van der Waals surface area contributed by atoms with Crippen LogP contribution < -0.4 is 10.1 Å². The summed E-state index contributed by atoms with van der Waals surface area (Å²) in [6, 6.07) is 6.04. The van der Waals surface area contributed by atoms with Gasteiger partial charge in [0.15, 0.2) is 0 Å². The highest BCUT2D eigenvalue weighted by atomic mass is 16.6. The summed E-state index contributed by atoms with van der Waals surface area (Å²) in [6.07, 6.45) is -0.164. The van der Waals surface area contributed by atoms with Crippen LogP contribution in [0.5, 0.6) is 5.75 Å². The summed E-state index contributed by atoms with van der Waals surface area (Å²) >= 11 is 0.